The van der Waals surface area contributed by atoms with Gasteiger partial charge in [0.2, 0.25) is 0 Å². The molecular weight excluding hydrogens is 399 g/mol. The van der Waals surface area contributed by atoms with Crippen molar-refractivity contribution in [3.8, 4) is 11.5 Å². The SMILES string of the molecule is COc1cc(C(C)=O)ccc1OCCCN1CCC(c2onc3ccc(F)cc23)CC1. The van der Waals surface area contributed by atoms with Crippen molar-refractivity contribution >= 4 is 16.7 Å². The fourth-order valence-corrected chi connectivity index (χ4v) is 4.12. The van der Waals surface area contributed by atoms with Gasteiger partial charge in [0.15, 0.2) is 17.3 Å². The molecule has 0 spiro atoms. The molecule has 0 amide bonds. The summed E-state index contributed by atoms with van der Waals surface area (Å²) in [6, 6.07) is 9.83. The van der Waals surface area contributed by atoms with E-state index in [4.69, 9.17) is 14.0 Å². The fraction of sp³-hybridized carbons (Fsp3) is 0.417. The van der Waals surface area contributed by atoms with E-state index in [2.05, 4.69) is 10.1 Å². The molecule has 0 unspecified atom stereocenters. The van der Waals surface area contributed by atoms with Crippen molar-refractivity contribution in [2.24, 2.45) is 0 Å². The molecule has 0 atom stereocenters. The van der Waals surface area contributed by atoms with E-state index in [1.165, 1.54) is 19.1 Å². The summed E-state index contributed by atoms with van der Waals surface area (Å²) in [5.74, 6) is 2.03. The van der Waals surface area contributed by atoms with E-state index in [0.29, 0.717) is 29.2 Å². The van der Waals surface area contributed by atoms with Crippen molar-refractivity contribution in [1.29, 1.82) is 0 Å². The normalized spacial score (nSPS) is 15.3. The van der Waals surface area contributed by atoms with Crippen LogP contribution in [0.5, 0.6) is 11.5 Å². The first kappa shape index (κ1) is 21.3. The van der Waals surface area contributed by atoms with Crippen molar-refractivity contribution in [3.63, 3.8) is 0 Å². The van der Waals surface area contributed by atoms with Gasteiger partial charge in [0, 0.05) is 23.4 Å². The first-order chi connectivity index (χ1) is 15.0. The number of fused-ring (bicyclic) bond motifs is 1. The van der Waals surface area contributed by atoms with Gasteiger partial charge >= 0.3 is 0 Å². The van der Waals surface area contributed by atoms with E-state index in [9.17, 15) is 9.18 Å². The van der Waals surface area contributed by atoms with Gasteiger partial charge in [0.1, 0.15) is 17.1 Å². The Kier molecular flexibility index (Phi) is 6.51. The van der Waals surface area contributed by atoms with Crippen LogP contribution in [0.25, 0.3) is 10.9 Å². The van der Waals surface area contributed by atoms with Gasteiger partial charge in [0.25, 0.3) is 0 Å². The zero-order valence-electron chi connectivity index (χ0n) is 17.9. The molecule has 1 aliphatic rings. The molecule has 0 N–H and O–H groups in total. The average molecular weight is 426 g/mol. The first-order valence-electron chi connectivity index (χ1n) is 10.6. The third-order valence-electron chi connectivity index (χ3n) is 5.87. The van der Waals surface area contributed by atoms with E-state index in [1.54, 1.807) is 31.4 Å². The van der Waals surface area contributed by atoms with Crippen LogP contribution in [0.15, 0.2) is 40.9 Å². The van der Waals surface area contributed by atoms with Gasteiger partial charge in [-0.1, -0.05) is 5.16 Å². The average Bonchev–Trinajstić information content (AvgIpc) is 3.20. The number of halogens is 1. The zero-order valence-corrected chi connectivity index (χ0v) is 17.9. The largest absolute Gasteiger partial charge is 0.493 e. The van der Waals surface area contributed by atoms with Gasteiger partial charge in [-0.25, -0.2) is 4.39 Å². The monoisotopic (exact) mass is 426 g/mol. The summed E-state index contributed by atoms with van der Waals surface area (Å²) in [5.41, 5.74) is 1.32. The third kappa shape index (κ3) is 4.88. The number of methoxy groups -OCH3 is 1. The topological polar surface area (TPSA) is 64.8 Å². The van der Waals surface area contributed by atoms with Crippen LogP contribution in [0.2, 0.25) is 0 Å². The predicted molar refractivity (Wildman–Crippen MR) is 115 cm³/mol. The summed E-state index contributed by atoms with van der Waals surface area (Å²) in [6.07, 6.45) is 2.81. The second-order valence-corrected chi connectivity index (χ2v) is 7.95. The minimum absolute atomic E-state index is 0.00304. The summed E-state index contributed by atoms with van der Waals surface area (Å²) in [7, 11) is 1.57. The van der Waals surface area contributed by atoms with Gasteiger partial charge in [-0.05, 0) is 75.7 Å². The number of aromatic nitrogens is 1. The molecule has 1 saturated heterocycles. The highest BCUT2D eigenvalue weighted by molar-refractivity contribution is 5.94. The Morgan fingerprint density at radius 1 is 1.19 bits per heavy atom. The number of hydrogen-bond donors (Lipinski definition) is 0. The quantitative estimate of drug-likeness (QED) is 0.380. The molecule has 31 heavy (non-hydrogen) atoms. The van der Waals surface area contributed by atoms with Gasteiger partial charge in [-0.15, -0.1) is 0 Å². The van der Waals surface area contributed by atoms with Crippen LogP contribution in [0.3, 0.4) is 0 Å². The molecule has 0 radical (unpaired) electrons. The Morgan fingerprint density at radius 3 is 2.74 bits per heavy atom. The van der Waals surface area contributed by atoms with Crippen LogP contribution < -0.4 is 9.47 Å². The van der Waals surface area contributed by atoms with Gasteiger partial charge < -0.3 is 18.9 Å². The number of piperidine rings is 1. The van der Waals surface area contributed by atoms with Crippen LogP contribution in [-0.2, 0) is 0 Å². The second-order valence-electron chi connectivity index (χ2n) is 7.95. The van der Waals surface area contributed by atoms with Crippen molar-refractivity contribution < 1.29 is 23.2 Å². The molecule has 164 valence electrons. The Hall–Kier alpha value is -2.93. The van der Waals surface area contributed by atoms with E-state index in [0.717, 1.165) is 50.0 Å². The first-order valence-corrected chi connectivity index (χ1v) is 10.6. The lowest BCUT2D eigenvalue weighted by molar-refractivity contribution is 0.101. The molecule has 7 heteroatoms. The number of likely N-dealkylation sites (tertiary alicyclic amines) is 1. The standard InChI is InChI=1S/C24H27FN2O4/c1-16(28)18-4-7-22(23(14-18)29-2)30-13-3-10-27-11-8-17(9-12-27)24-20-15-19(25)5-6-21(20)26-31-24/h4-7,14-15,17H,3,8-13H2,1-2H3. The second kappa shape index (κ2) is 9.47. The number of rotatable bonds is 8. The number of ketones is 1. The summed E-state index contributed by atoms with van der Waals surface area (Å²) >= 11 is 0. The van der Waals surface area contributed by atoms with Crippen LogP contribution in [0, 0.1) is 5.82 Å². The molecule has 1 fully saturated rings. The number of carbonyl (C=O) groups is 1. The predicted octanol–water partition coefficient (Wildman–Crippen LogP) is 4.83. The smallest absolute Gasteiger partial charge is 0.161 e. The summed E-state index contributed by atoms with van der Waals surface area (Å²) in [5, 5.41) is 4.86. The fourth-order valence-electron chi connectivity index (χ4n) is 4.12. The molecule has 4 rings (SSSR count). The highest BCUT2D eigenvalue weighted by Crippen LogP contribution is 2.33. The zero-order chi connectivity index (χ0) is 21.8. The maximum atomic E-state index is 13.6. The molecule has 2 aromatic carbocycles. The van der Waals surface area contributed by atoms with E-state index in [1.807, 2.05) is 0 Å². The van der Waals surface area contributed by atoms with E-state index >= 15 is 0 Å². The summed E-state index contributed by atoms with van der Waals surface area (Å²) in [6.45, 7) is 4.95. The minimum Gasteiger partial charge on any atom is -0.493 e. The minimum atomic E-state index is -0.262. The molecule has 2 heterocycles. The third-order valence-corrected chi connectivity index (χ3v) is 5.87. The highest BCUT2D eigenvalue weighted by atomic mass is 19.1. The van der Waals surface area contributed by atoms with Crippen LogP contribution >= 0.6 is 0 Å². The number of hydrogen-bond acceptors (Lipinski definition) is 6. The Bertz CT molecular complexity index is 1060. The molecule has 0 saturated carbocycles. The summed E-state index contributed by atoms with van der Waals surface area (Å²) < 4.78 is 30.4. The number of carbonyl (C=O) groups excluding carboxylic acids is 1. The van der Waals surface area contributed by atoms with Gasteiger partial charge in [-0.3, -0.25) is 4.79 Å². The Labute approximate surface area is 180 Å². The van der Waals surface area contributed by atoms with E-state index < -0.39 is 0 Å². The lowest BCUT2D eigenvalue weighted by atomic mass is 9.92. The van der Waals surface area contributed by atoms with Crippen molar-refractivity contribution in [2.75, 3.05) is 33.4 Å². The van der Waals surface area contributed by atoms with Crippen LogP contribution in [-0.4, -0.2) is 49.2 Å². The Balaban J connectivity index is 1.25. The Morgan fingerprint density at radius 2 is 2.00 bits per heavy atom. The number of ether oxygens (including phenoxy) is 2. The van der Waals surface area contributed by atoms with Crippen molar-refractivity contribution in [1.82, 2.24) is 10.1 Å². The summed E-state index contributed by atoms with van der Waals surface area (Å²) in [4.78, 5) is 13.9. The molecule has 3 aromatic rings. The number of nitrogens with zero attached hydrogens (tertiary/aromatic N) is 2. The van der Waals surface area contributed by atoms with Crippen molar-refractivity contribution in [2.45, 2.75) is 32.1 Å². The number of benzene rings is 2. The highest BCUT2D eigenvalue weighted by Gasteiger charge is 2.25. The van der Waals surface area contributed by atoms with Crippen LogP contribution in [0.1, 0.15) is 48.2 Å². The lowest BCUT2D eigenvalue weighted by Gasteiger charge is -2.30. The molecular formula is C24H27FN2O4. The maximum Gasteiger partial charge on any atom is 0.161 e. The van der Waals surface area contributed by atoms with Crippen molar-refractivity contribution in [3.05, 3.63) is 53.5 Å². The molecule has 0 bridgehead atoms. The van der Waals surface area contributed by atoms with Gasteiger partial charge in [-0.2, -0.15) is 0 Å². The lowest BCUT2D eigenvalue weighted by Crippen LogP contribution is -2.34. The molecule has 6 nitrogen and oxygen atoms in total. The number of Topliss-reactive ketones (excluding diaryl/α,β-unsaturated/α-hetero) is 1. The molecule has 1 aromatic heterocycles. The molecule has 1 aliphatic heterocycles. The molecule has 0 aliphatic carbocycles. The van der Waals surface area contributed by atoms with E-state index in [-0.39, 0.29) is 17.5 Å². The maximum absolute atomic E-state index is 13.6. The van der Waals surface area contributed by atoms with Crippen LogP contribution in [0.4, 0.5) is 4.39 Å². The van der Waals surface area contributed by atoms with Gasteiger partial charge in [0.05, 0.1) is 13.7 Å².